The maximum Gasteiger partial charge on any atom is 0.238 e. The van der Waals surface area contributed by atoms with Gasteiger partial charge >= 0.3 is 0 Å². The lowest BCUT2D eigenvalue weighted by atomic mass is 9.86. The van der Waals surface area contributed by atoms with Gasteiger partial charge in [-0.3, -0.25) is 9.59 Å². The zero-order chi connectivity index (χ0) is 19.9. The number of unbranched alkanes of at least 4 members (excludes halogenated alkanes) is 1. The molecule has 1 saturated heterocycles. The van der Waals surface area contributed by atoms with Crippen LogP contribution in [0.4, 0.5) is 0 Å². The third-order valence-corrected chi connectivity index (χ3v) is 5.90. The largest absolute Gasteiger partial charge is 0.492 e. The molecule has 3 rings (SSSR count). The third-order valence-electron chi connectivity index (χ3n) is 5.61. The molecule has 2 fully saturated rings. The molecule has 0 radical (unpaired) electrons. The van der Waals surface area contributed by atoms with Crippen LogP contribution < -0.4 is 15.4 Å². The van der Waals surface area contributed by atoms with E-state index in [-0.39, 0.29) is 24.1 Å². The van der Waals surface area contributed by atoms with Gasteiger partial charge in [-0.2, -0.15) is 0 Å². The Morgan fingerprint density at radius 1 is 1.07 bits per heavy atom. The van der Waals surface area contributed by atoms with Crippen molar-refractivity contribution in [2.75, 3.05) is 6.61 Å². The molecule has 5 nitrogen and oxygen atoms in total. The van der Waals surface area contributed by atoms with Gasteiger partial charge in [0.05, 0.1) is 11.6 Å². The molecule has 1 aliphatic heterocycles. The number of carbonyl (C=O) groups excluding carboxylic acids is 2. The predicted octanol–water partition coefficient (Wildman–Crippen LogP) is 4.35. The van der Waals surface area contributed by atoms with Gasteiger partial charge in [-0.1, -0.05) is 62.8 Å². The minimum Gasteiger partial charge on any atom is -0.492 e. The number of halogens is 1. The molecule has 0 spiro atoms. The smallest absolute Gasteiger partial charge is 0.238 e. The molecule has 1 saturated carbocycles. The van der Waals surface area contributed by atoms with Gasteiger partial charge in [-0.25, -0.2) is 0 Å². The molecule has 1 aliphatic carbocycles. The highest BCUT2D eigenvalue weighted by Gasteiger charge is 2.31. The fourth-order valence-electron chi connectivity index (χ4n) is 4.02. The first kappa shape index (κ1) is 20.7. The Kier molecular flexibility index (Phi) is 7.37. The fourth-order valence-corrected chi connectivity index (χ4v) is 4.28. The maximum atomic E-state index is 12.0. The molecular weight excluding hydrogens is 376 g/mol. The number of benzene rings is 1. The predicted molar refractivity (Wildman–Crippen MR) is 110 cm³/mol. The Bertz CT molecular complexity index is 708. The van der Waals surface area contributed by atoms with Crippen molar-refractivity contribution in [3.8, 4) is 5.75 Å². The van der Waals surface area contributed by atoms with Crippen molar-refractivity contribution in [1.82, 2.24) is 10.6 Å². The first-order chi connectivity index (χ1) is 13.5. The van der Waals surface area contributed by atoms with Crippen LogP contribution in [-0.2, 0) is 16.0 Å². The fraction of sp³-hybridized carbons (Fsp3) is 0.545. The van der Waals surface area contributed by atoms with E-state index >= 15 is 0 Å². The number of nitrogens with one attached hydrogen (secondary N) is 2. The van der Waals surface area contributed by atoms with Crippen molar-refractivity contribution < 1.29 is 14.3 Å². The Morgan fingerprint density at radius 3 is 2.46 bits per heavy atom. The minimum atomic E-state index is -0.784. The lowest BCUT2D eigenvalue weighted by Crippen LogP contribution is -2.50. The van der Waals surface area contributed by atoms with Gasteiger partial charge < -0.3 is 15.4 Å². The van der Waals surface area contributed by atoms with Crippen LogP contribution in [-0.4, -0.2) is 18.4 Å². The summed E-state index contributed by atoms with van der Waals surface area (Å²) in [5, 5.41) is 5.60. The van der Waals surface area contributed by atoms with Crippen LogP contribution in [0.2, 0.25) is 5.02 Å². The zero-order valence-corrected chi connectivity index (χ0v) is 17.0. The van der Waals surface area contributed by atoms with Crippen LogP contribution in [0.25, 0.3) is 0 Å². The van der Waals surface area contributed by atoms with E-state index in [0.717, 1.165) is 17.9 Å². The molecule has 0 unspecified atom stereocenters. The normalized spacial score (nSPS) is 18.7. The van der Waals surface area contributed by atoms with E-state index in [2.05, 4.69) is 17.2 Å². The number of hydrogen-bond donors (Lipinski definition) is 2. The summed E-state index contributed by atoms with van der Waals surface area (Å²) in [7, 11) is 0. The first-order valence-corrected chi connectivity index (χ1v) is 10.6. The standard InChI is InChI=1S/C22H29ClN2O3/c1-15-24-21(26)18(22(27)25-15)13-17-10-11-20(19(23)14-17)28-12-6-5-9-16-7-3-2-4-8-16/h10-11,14,16,18H,1-9,12-13H2,(H,24,26)(H,25,27). The van der Waals surface area contributed by atoms with E-state index in [0.29, 0.717) is 17.4 Å². The highest BCUT2D eigenvalue weighted by Crippen LogP contribution is 2.29. The Morgan fingerprint density at radius 2 is 1.79 bits per heavy atom. The second-order valence-electron chi connectivity index (χ2n) is 7.83. The molecule has 2 amide bonds. The summed E-state index contributed by atoms with van der Waals surface area (Å²) in [6.45, 7) is 4.20. The van der Waals surface area contributed by atoms with Gasteiger partial charge in [-0.15, -0.1) is 0 Å². The third kappa shape index (κ3) is 5.74. The van der Waals surface area contributed by atoms with Gasteiger partial charge in [0.15, 0.2) is 0 Å². The van der Waals surface area contributed by atoms with Crippen molar-refractivity contribution >= 4 is 23.4 Å². The topological polar surface area (TPSA) is 67.4 Å². The molecule has 0 aromatic heterocycles. The van der Waals surface area contributed by atoms with Crippen molar-refractivity contribution in [2.24, 2.45) is 11.8 Å². The van der Waals surface area contributed by atoms with E-state index in [4.69, 9.17) is 16.3 Å². The van der Waals surface area contributed by atoms with Crippen LogP contribution >= 0.6 is 11.6 Å². The molecule has 1 aromatic rings. The van der Waals surface area contributed by atoms with E-state index in [9.17, 15) is 9.59 Å². The quantitative estimate of drug-likeness (QED) is 0.500. The number of hydrogen-bond acceptors (Lipinski definition) is 3. The van der Waals surface area contributed by atoms with E-state index in [1.54, 1.807) is 6.07 Å². The lowest BCUT2D eigenvalue weighted by molar-refractivity contribution is -0.136. The van der Waals surface area contributed by atoms with Crippen LogP contribution in [0, 0.1) is 11.8 Å². The molecule has 2 aliphatic rings. The molecule has 0 bridgehead atoms. The van der Waals surface area contributed by atoms with E-state index in [1.807, 2.05) is 12.1 Å². The van der Waals surface area contributed by atoms with Gasteiger partial charge in [0.25, 0.3) is 0 Å². The van der Waals surface area contributed by atoms with Crippen LogP contribution in [0.1, 0.15) is 56.9 Å². The van der Waals surface area contributed by atoms with Crippen molar-refractivity contribution in [2.45, 2.75) is 57.8 Å². The van der Waals surface area contributed by atoms with Crippen molar-refractivity contribution in [1.29, 1.82) is 0 Å². The summed E-state index contributed by atoms with van der Waals surface area (Å²) in [5.41, 5.74) is 0.817. The van der Waals surface area contributed by atoms with Crippen LogP contribution in [0.3, 0.4) is 0 Å². The van der Waals surface area contributed by atoms with Crippen molar-refractivity contribution in [3.05, 3.63) is 41.2 Å². The highest BCUT2D eigenvalue weighted by molar-refractivity contribution is 6.32. The average Bonchev–Trinajstić information content (AvgIpc) is 2.66. The SMILES string of the molecule is C=C1NC(=O)C(Cc2ccc(OCCCCC3CCCCC3)c(Cl)c2)C(=O)N1. The first-order valence-electron chi connectivity index (χ1n) is 10.2. The highest BCUT2D eigenvalue weighted by atomic mass is 35.5. The zero-order valence-electron chi connectivity index (χ0n) is 16.3. The second-order valence-corrected chi connectivity index (χ2v) is 8.23. The molecule has 6 heteroatoms. The number of ether oxygens (including phenoxy) is 1. The molecule has 2 N–H and O–H groups in total. The molecular formula is C22H29ClN2O3. The summed E-state index contributed by atoms with van der Waals surface area (Å²) in [6, 6.07) is 5.44. The molecule has 28 heavy (non-hydrogen) atoms. The summed E-state index contributed by atoms with van der Waals surface area (Å²) >= 11 is 6.34. The summed E-state index contributed by atoms with van der Waals surface area (Å²) in [6.07, 6.45) is 10.8. The molecule has 1 aromatic carbocycles. The van der Waals surface area contributed by atoms with Gasteiger partial charge in [0.1, 0.15) is 17.5 Å². The van der Waals surface area contributed by atoms with Crippen molar-refractivity contribution in [3.63, 3.8) is 0 Å². The van der Waals surface area contributed by atoms with E-state index in [1.165, 1.54) is 44.9 Å². The Hall–Kier alpha value is -2.01. The maximum absolute atomic E-state index is 12.0. The summed E-state index contributed by atoms with van der Waals surface area (Å²) in [5.74, 6) is 0.299. The van der Waals surface area contributed by atoms with Crippen LogP contribution in [0.15, 0.2) is 30.6 Å². The summed E-state index contributed by atoms with van der Waals surface area (Å²) in [4.78, 5) is 24.0. The summed E-state index contributed by atoms with van der Waals surface area (Å²) < 4.78 is 5.83. The molecule has 1 heterocycles. The number of carbonyl (C=O) groups is 2. The van der Waals surface area contributed by atoms with Gasteiger partial charge in [-0.05, 0) is 42.9 Å². The second kappa shape index (κ2) is 9.97. The molecule has 152 valence electrons. The Labute approximate surface area is 171 Å². The monoisotopic (exact) mass is 404 g/mol. The Balaban J connectivity index is 1.44. The average molecular weight is 405 g/mol. The molecule has 0 atom stereocenters. The van der Waals surface area contributed by atoms with E-state index < -0.39 is 5.92 Å². The van der Waals surface area contributed by atoms with Crippen LogP contribution in [0.5, 0.6) is 5.75 Å². The lowest BCUT2D eigenvalue weighted by Gasteiger charge is -2.23. The van der Waals surface area contributed by atoms with Gasteiger partial charge in [0, 0.05) is 0 Å². The number of rotatable bonds is 8. The number of amides is 2. The van der Waals surface area contributed by atoms with Gasteiger partial charge in [0.2, 0.25) is 11.8 Å². The minimum absolute atomic E-state index is 0.219.